The van der Waals surface area contributed by atoms with Gasteiger partial charge in [-0.1, -0.05) is 23.5 Å². The molecule has 1 aromatic rings. The molecule has 0 aromatic carbocycles. The molecule has 3 N–H and O–H groups in total. The topological polar surface area (TPSA) is 84.1 Å². The van der Waals surface area contributed by atoms with E-state index < -0.39 is 0 Å². The lowest BCUT2D eigenvalue weighted by Gasteiger charge is -2.38. The molecule has 2 saturated carbocycles. The van der Waals surface area contributed by atoms with Crippen LogP contribution in [0.5, 0.6) is 0 Å². The van der Waals surface area contributed by atoms with Gasteiger partial charge >= 0.3 is 0 Å². The Hall–Kier alpha value is -1.63. The molecule has 1 aliphatic heterocycles. The molecule has 1 amide bonds. The number of nitrogens with zero attached hydrogens (tertiary/aromatic N) is 3. The molecule has 0 radical (unpaired) electrons. The number of nitrogens with one attached hydrogen (secondary N) is 1. The lowest BCUT2D eigenvalue weighted by atomic mass is 9.89. The molecule has 128 valence electrons. The number of nitrogen functional groups attached to an aromatic ring is 1. The highest BCUT2D eigenvalue weighted by atomic mass is 32.1. The largest absolute Gasteiger partial charge is 0.374 e. The Kier molecular flexibility index (Phi) is 3.33. The fraction of sp³-hybridized carbons (Fsp3) is 0.706. The third-order valence-corrected chi connectivity index (χ3v) is 7.27. The first-order valence-corrected chi connectivity index (χ1v) is 9.81. The van der Waals surface area contributed by atoms with E-state index in [-0.39, 0.29) is 5.92 Å². The Bertz CT molecular complexity index is 674. The van der Waals surface area contributed by atoms with Crippen molar-refractivity contribution in [3.05, 3.63) is 12.2 Å². The summed E-state index contributed by atoms with van der Waals surface area (Å²) in [5, 5.41) is 13.0. The van der Waals surface area contributed by atoms with E-state index in [0.717, 1.165) is 24.6 Å². The smallest absolute Gasteiger partial charge is 0.223 e. The third kappa shape index (κ3) is 2.32. The average Bonchev–Trinajstić information content (AvgIpc) is 3.33. The second kappa shape index (κ2) is 5.44. The summed E-state index contributed by atoms with van der Waals surface area (Å²) in [5.74, 6) is 2.67. The van der Waals surface area contributed by atoms with Crippen molar-refractivity contribution in [1.29, 1.82) is 0 Å². The number of rotatable bonds is 3. The lowest BCUT2D eigenvalue weighted by molar-refractivity contribution is -0.127. The van der Waals surface area contributed by atoms with Crippen LogP contribution < -0.4 is 16.0 Å². The van der Waals surface area contributed by atoms with Crippen molar-refractivity contribution in [2.24, 2.45) is 29.6 Å². The summed E-state index contributed by atoms with van der Waals surface area (Å²) in [6.45, 7) is 1.90. The van der Waals surface area contributed by atoms with Gasteiger partial charge in [-0.25, -0.2) is 0 Å². The Morgan fingerprint density at radius 3 is 2.58 bits per heavy atom. The molecule has 24 heavy (non-hydrogen) atoms. The maximum atomic E-state index is 12.8. The lowest BCUT2D eigenvalue weighted by Crippen LogP contribution is -2.54. The first-order valence-electron chi connectivity index (χ1n) is 9.00. The van der Waals surface area contributed by atoms with E-state index in [1.54, 1.807) is 0 Å². The van der Waals surface area contributed by atoms with Crippen molar-refractivity contribution >= 4 is 27.5 Å². The zero-order valence-electron chi connectivity index (χ0n) is 13.6. The number of anilines is 2. The maximum Gasteiger partial charge on any atom is 0.223 e. The molecule has 7 heteroatoms. The number of amides is 1. The van der Waals surface area contributed by atoms with Gasteiger partial charge in [-0.15, -0.1) is 10.2 Å². The molecule has 5 rings (SSSR count). The minimum Gasteiger partial charge on any atom is -0.374 e. The average molecular weight is 345 g/mol. The van der Waals surface area contributed by atoms with Crippen molar-refractivity contribution in [1.82, 2.24) is 15.5 Å². The van der Waals surface area contributed by atoms with E-state index in [2.05, 4.69) is 32.6 Å². The monoisotopic (exact) mass is 345 g/mol. The van der Waals surface area contributed by atoms with Crippen LogP contribution in [0, 0.1) is 29.6 Å². The van der Waals surface area contributed by atoms with Crippen LogP contribution >= 0.6 is 11.3 Å². The Morgan fingerprint density at radius 2 is 2.00 bits per heavy atom. The summed E-state index contributed by atoms with van der Waals surface area (Å²) in [6, 6.07) is 0.335. The molecule has 0 spiro atoms. The van der Waals surface area contributed by atoms with Gasteiger partial charge in [0.2, 0.25) is 16.2 Å². The SMILES string of the molecule is Nc1nnc(N2C[C@H]3CC[C@@H](C2)C3NC(=O)[C@H]2C[C@@H]3C=C[C@H]2C3)s1. The third-order valence-electron chi connectivity index (χ3n) is 6.46. The number of carbonyl (C=O) groups is 1. The van der Waals surface area contributed by atoms with Gasteiger partial charge in [0, 0.05) is 25.0 Å². The molecule has 6 atom stereocenters. The number of piperidine rings is 1. The molecule has 3 fully saturated rings. The van der Waals surface area contributed by atoms with Crippen molar-refractivity contribution in [2.45, 2.75) is 31.7 Å². The first-order chi connectivity index (χ1) is 11.7. The van der Waals surface area contributed by atoms with Gasteiger partial charge in [0.05, 0.1) is 0 Å². The number of nitrogens with two attached hydrogens (primary N) is 1. The molecule has 6 nitrogen and oxygen atoms in total. The van der Waals surface area contributed by atoms with Crippen molar-refractivity contribution in [3.8, 4) is 0 Å². The molecule has 1 unspecified atom stereocenters. The summed E-state index contributed by atoms with van der Waals surface area (Å²) < 4.78 is 0. The number of hydrogen-bond acceptors (Lipinski definition) is 6. The second-order valence-electron chi connectivity index (χ2n) is 7.85. The summed E-state index contributed by atoms with van der Waals surface area (Å²) >= 11 is 1.46. The minimum absolute atomic E-state index is 0.209. The summed E-state index contributed by atoms with van der Waals surface area (Å²) in [5.41, 5.74) is 5.72. The molecular formula is C17H23N5OS. The van der Waals surface area contributed by atoms with Gasteiger partial charge in [0.25, 0.3) is 0 Å². The van der Waals surface area contributed by atoms with Crippen molar-refractivity contribution in [3.63, 3.8) is 0 Å². The standard InChI is InChI=1S/C17H23N5OS/c18-16-20-21-17(24-16)22-7-11-3-4-12(8-22)14(11)19-15(23)13-6-9-1-2-10(13)5-9/h1-2,9-14H,3-8H2,(H2,18,20)(H,19,23)/t9-,10+,11-,12+,13+,14?/m1/s1. The maximum absolute atomic E-state index is 12.8. The first kappa shape index (κ1) is 14.7. The highest BCUT2D eigenvalue weighted by molar-refractivity contribution is 7.18. The van der Waals surface area contributed by atoms with Gasteiger partial charge in [0.15, 0.2) is 0 Å². The normalized spacial score (nSPS) is 39.6. The molecule has 4 aliphatic rings. The molecular weight excluding hydrogens is 322 g/mol. The van der Waals surface area contributed by atoms with E-state index >= 15 is 0 Å². The van der Waals surface area contributed by atoms with Crippen LogP contribution in [0.1, 0.15) is 25.7 Å². The Morgan fingerprint density at radius 1 is 1.21 bits per heavy atom. The summed E-state index contributed by atoms with van der Waals surface area (Å²) in [6.07, 6.45) is 9.17. The quantitative estimate of drug-likeness (QED) is 0.814. The Labute approximate surface area is 145 Å². The van der Waals surface area contributed by atoms with Gasteiger partial charge in [-0.3, -0.25) is 4.79 Å². The van der Waals surface area contributed by atoms with E-state index in [1.807, 2.05) is 0 Å². The van der Waals surface area contributed by atoms with Crippen LogP contribution in [0.3, 0.4) is 0 Å². The Balaban J connectivity index is 1.26. The van der Waals surface area contributed by atoms with Crippen LogP contribution in [-0.2, 0) is 4.79 Å². The zero-order chi connectivity index (χ0) is 16.3. The summed E-state index contributed by atoms with van der Waals surface area (Å²) in [7, 11) is 0. The second-order valence-corrected chi connectivity index (χ2v) is 8.83. The molecule has 3 aliphatic carbocycles. The van der Waals surface area contributed by atoms with Crippen LogP contribution in [0.25, 0.3) is 0 Å². The molecule has 2 heterocycles. The van der Waals surface area contributed by atoms with Gasteiger partial charge < -0.3 is 16.0 Å². The van der Waals surface area contributed by atoms with E-state index in [9.17, 15) is 4.79 Å². The highest BCUT2D eigenvalue weighted by Gasteiger charge is 2.46. The predicted octanol–water partition coefficient (Wildman–Crippen LogP) is 1.66. The van der Waals surface area contributed by atoms with Crippen LogP contribution in [0.4, 0.5) is 10.3 Å². The zero-order valence-corrected chi connectivity index (χ0v) is 14.4. The van der Waals surface area contributed by atoms with Gasteiger partial charge in [0.1, 0.15) is 0 Å². The summed E-state index contributed by atoms with van der Waals surface area (Å²) in [4.78, 5) is 15.1. The molecule has 1 aromatic heterocycles. The van der Waals surface area contributed by atoms with Gasteiger partial charge in [-0.05, 0) is 49.4 Å². The van der Waals surface area contributed by atoms with Crippen molar-refractivity contribution < 1.29 is 4.79 Å². The van der Waals surface area contributed by atoms with Gasteiger partial charge in [-0.2, -0.15) is 0 Å². The number of carbonyl (C=O) groups excluding carboxylic acids is 1. The number of allylic oxidation sites excluding steroid dienone is 2. The fourth-order valence-corrected chi connectivity index (χ4v) is 5.95. The fourth-order valence-electron chi connectivity index (χ4n) is 5.32. The number of aromatic nitrogens is 2. The van der Waals surface area contributed by atoms with E-state index in [4.69, 9.17) is 5.73 Å². The molecule has 4 bridgehead atoms. The number of hydrogen-bond donors (Lipinski definition) is 2. The predicted molar refractivity (Wildman–Crippen MR) is 93.5 cm³/mol. The van der Waals surface area contributed by atoms with E-state index in [1.165, 1.54) is 30.6 Å². The minimum atomic E-state index is 0.209. The van der Waals surface area contributed by atoms with Crippen molar-refractivity contribution in [2.75, 3.05) is 23.7 Å². The van der Waals surface area contributed by atoms with E-state index in [0.29, 0.717) is 40.8 Å². The van der Waals surface area contributed by atoms with Crippen LogP contribution in [0.15, 0.2) is 12.2 Å². The van der Waals surface area contributed by atoms with Crippen LogP contribution in [-0.4, -0.2) is 35.2 Å². The molecule has 1 saturated heterocycles. The van der Waals surface area contributed by atoms with Crippen LogP contribution in [0.2, 0.25) is 0 Å². The highest BCUT2D eigenvalue weighted by Crippen LogP contribution is 2.44. The number of fused-ring (bicyclic) bond motifs is 4.